The predicted octanol–water partition coefficient (Wildman–Crippen LogP) is 0.683. The fourth-order valence-electron chi connectivity index (χ4n) is 2.74. The smallest absolute Gasteiger partial charge is 0.245 e. The summed E-state index contributed by atoms with van der Waals surface area (Å²) < 4.78 is 5.53. The van der Waals surface area contributed by atoms with Crippen molar-refractivity contribution in [2.75, 3.05) is 20.2 Å². The Morgan fingerprint density at radius 1 is 1.44 bits per heavy atom. The number of nitrogens with zero attached hydrogens (tertiary/aromatic N) is 1. The highest BCUT2D eigenvalue weighted by Gasteiger charge is 2.42. The quantitative estimate of drug-likeness (QED) is 0.785. The minimum Gasteiger partial charge on any atom is -0.376 e. The van der Waals surface area contributed by atoms with Crippen LogP contribution in [0.2, 0.25) is 0 Å². The molecule has 18 heavy (non-hydrogen) atoms. The van der Waals surface area contributed by atoms with Crippen molar-refractivity contribution in [1.82, 2.24) is 10.2 Å². The van der Waals surface area contributed by atoms with Crippen LogP contribution in [0.3, 0.4) is 0 Å². The van der Waals surface area contributed by atoms with Crippen molar-refractivity contribution in [3.63, 3.8) is 0 Å². The number of methoxy groups -OCH3 is 1. The van der Waals surface area contributed by atoms with E-state index in [0.717, 1.165) is 25.7 Å². The monoisotopic (exact) mass is 254 g/mol. The number of hydrogen-bond acceptors (Lipinski definition) is 3. The first-order valence-corrected chi connectivity index (χ1v) is 6.73. The standard InChI is InChI=1S/C13H22N2O3/c1-3-5-10-12(17)15(8-11(16)14-10)9-13(18-2)6-4-7-13/h10H,3-9H2,1-2H3,(H,14,16). The molecule has 2 aliphatic rings. The Balaban J connectivity index is 2.02. The molecule has 102 valence electrons. The maximum Gasteiger partial charge on any atom is 0.245 e. The third kappa shape index (κ3) is 2.51. The summed E-state index contributed by atoms with van der Waals surface area (Å²) in [5, 5.41) is 2.77. The molecule has 2 fully saturated rings. The molecule has 2 rings (SSSR count). The highest BCUT2D eigenvalue weighted by molar-refractivity contribution is 5.94. The second kappa shape index (κ2) is 5.26. The van der Waals surface area contributed by atoms with Crippen molar-refractivity contribution in [2.24, 2.45) is 0 Å². The Labute approximate surface area is 108 Å². The van der Waals surface area contributed by atoms with E-state index < -0.39 is 0 Å². The number of piperazine rings is 1. The average Bonchev–Trinajstić information content (AvgIpc) is 2.29. The Hall–Kier alpha value is -1.10. The fraction of sp³-hybridized carbons (Fsp3) is 0.846. The average molecular weight is 254 g/mol. The van der Waals surface area contributed by atoms with Crippen molar-refractivity contribution in [1.29, 1.82) is 0 Å². The van der Waals surface area contributed by atoms with Gasteiger partial charge in [-0.15, -0.1) is 0 Å². The van der Waals surface area contributed by atoms with E-state index in [-0.39, 0.29) is 30.0 Å². The molecule has 0 aromatic heterocycles. The Kier molecular flexibility index (Phi) is 3.90. The van der Waals surface area contributed by atoms with Crippen LogP contribution in [-0.2, 0) is 14.3 Å². The number of ether oxygens (including phenoxy) is 1. The Bertz CT molecular complexity index is 334. The lowest BCUT2D eigenvalue weighted by atomic mass is 9.79. The van der Waals surface area contributed by atoms with Crippen molar-refractivity contribution in [3.05, 3.63) is 0 Å². The summed E-state index contributed by atoms with van der Waals surface area (Å²) in [7, 11) is 1.69. The van der Waals surface area contributed by atoms with E-state index in [1.54, 1.807) is 12.0 Å². The van der Waals surface area contributed by atoms with E-state index in [1.165, 1.54) is 0 Å². The van der Waals surface area contributed by atoms with Gasteiger partial charge in [0.2, 0.25) is 11.8 Å². The molecule has 1 saturated heterocycles. The van der Waals surface area contributed by atoms with Crippen LogP contribution in [-0.4, -0.2) is 48.6 Å². The molecule has 0 aromatic rings. The third-order valence-corrected chi connectivity index (χ3v) is 4.03. The number of amides is 2. The van der Waals surface area contributed by atoms with Gasteiger partial charge in [-0.3, -0.25) is 9.59 Å². The zero-order valence-electron chi connectivity index (χ0n) is 11.2. The maximum absolute atomic E-state index is 12.3. The van der Waals surface area contributed by atoms with Crippen LogP contribution in [0.15, 0.2) is 0 Å². The van der Waals surface area contributed by atoms with Gasteiger partial charge in [0, 0.05) is 7.11 Å². The largest absolute Gasteiger partial charge is 0.376 e. The summed E-state index contributed by atoms with van der Waals surface area (Å²) in [5.74, 6) is -0.0154. The minimum atomic E-state index is -0.342. The molecule has 1 aliphatic heterocycles. The summed E-state index contributed by atoms with van der Waals surface area (Å²) in [6, 6.07) is -0.342. The van der Waals surface area contributed by atoms with Crippen LogP contribution >= 0.6 is 0 Å². The van der Waals surface area contributed by atoms with Crippen molar-refractivity contribution >= 4 is 11.8 Å². The summed E-state index contributed by atoms with van der Waals surface area (Å²) in [4.78, 5) is 25.6. The number of hydrogen-bond donors (Lipinski definition) is 1. The molecule has 1 unspecified atom stereocenters. The highest BCUT2D eigenvalue weighted by atomic mass is 16.5. The van der Waals surface area contributed by atoms with Gasteiger partial charge in [0.25, 0.3) is 0 Å². The molecule has 0 spiro atoms. The van der Waals surface area contributed by atoms with Crippen molar-refractivity contribution in [2.45, 2.75) is 50.7 Å². The summed E-state index contributed by atoms with van der Waals surface area (Å²) in [5.41, 5.74) is -0.204. The van der Waals surface area contributed by atoms with Crippen LogP contribution in [0.25, 0.3) is 0 Å². The number of carbonyl (C=O) groups excluding carboxylic acids is 2. The van der Waals surface area contributed by atoms with Crippen LogP contribution in [0, 0.1) is 0 Å². The van der Waals surface area contributed by atoms with Gasteiger partial charge in [-0.2, -0.15) is 0 Å². The number of carbonyl (C=O) groups is 2. The second-order valence-electron chi connectivity index (χ2n) is 5.34. The van der Waals surface area contributed by atoms with Gasteiger partial charge in [-0.05, 0) is 25.7 Å². The van der Waals surface area contributed by atoms with Gasteiger partial charge in [-0.1, -0.05) is 13.3 Å². The molecule has 1 atom stereocenters. The molecule has 5 nitrogen and oxygen atoms in total. The predicted molar refractivity (Wildman–Crippen MR) is 67.0 cm³/mol. The molecule has 0 radical (unpaired) electrons. The van der Waals surface area contributed by atoms with Crippen LogP contribution in [0.5, 0.6) is 0 Å². The van der Waals surface area contributed by atoms with Crippen molar-refractivity contribution in [3.8, 4) is 0 Å². The zero-order chi connectivity index (χ0) is 13.2. The molecule has 0 bridgehead atoms. The third-order valence-electron chi connectivity index (χ3n) is 4.03. The lowest BCUT2D eigenvalue weighted by Gasteiger charge is -2.45. The second-order valence-corrected chi connectivity index (χ2v) is 5.34. The van der Waals surface area contributed by atoms with Gasteiger partial charge in [0.05, 0.1) is 18.7 Å². The first kappa shape index (κ1) is 13.3. The lowest BCUT2D eigenvalue weighted by Crippen LogP contribution is -2.62. The molecule has 1 saturated carbocycles. The molecular formula is C13H22N2O3. The zero-order valence-corrected chi connectivity index (χ0v) is 11.2. The van der Waals surface area contributed by atoms with E-state index in [9.17, 15) is 9.59 Å². The fourth-order valence-corrected chi connectivity index (χ4v) is 2.74. The van der Waals surface area contributed by atoms with E-state index in [2.05, 4.69) is 5.32 Å². The van der Waals surface area contributed by atoms with Crippen LogP contribution in [0.1, 0.15) is 39.0 Å². The van der Waals surface area contributed by atoms with E-state index in [1.807, 2.05) is 6.92 Å². The minimum absolute atomic E-state index is 0.0415. The normalized spacial score (nSPS) is 26.8. The SMILES string of the molecule is CCCC1NC(=O)CN(CC2(OC)CCC2)C1=O. The van der Waals surface area contributed by atoms with Gasteiger partial charge < -0.3 is 15.0 Å². The van der Waals surface area contributed by atoms with Crippen LogP contribution < -0.4 is 5.32 Å². The van der Waals surface area contributed by atoms with Gasteiger partial charge >= 0.3 is 0 Å². The van der Waals surface area contributed by atoms with E-state index in [4.69, 9.17) is 4.74 Å². The highest BCUT2D eigenvalue weighted by Crippen LogP contribution is 2.36. The number of rotatable bonds is 5. The van der Waals surface area contributed by atoms with Crippen LogP contribution in [0.4, 0.5) is 0 Å². The van der Waals surface area contributed by atoms with Crippen molar-refractivity contribution < 1.29 is 14.3 Å². The molecule has 1 heterocycles. The van der Waals surface area contributed by atoms with Gasteiger partial charge in [-0.25, -0.2) is 0 Å². The summed E-state index contributed by atoms with van der Waals surface area (Å²) in [6.07, 6.45) is 4.70. The first-order chi connectivity index (χ1) is 8.60. The van der Waals surface area contributed by atoms with E-state index in [0.29, 0.717) is 13.0 Å². The number of nitrogens with one attached hydrogen (secondary N) is 1. The Morgan fingerprint density at radius 3 is 2.67 bits per heavy atom. The molecular weight excluding hydrogens is 232 g/mol. The Morgan fingerprint density at radius 2 is 2.17 bits per heavy atom. The molecule has 1 N–H and O–H groups in total. The van der Waals surface area contributed by atoms with E-state index >= 15 is 0 Å². The van der Waals surface area contributed by atoms with Gasteiger partial charge in [0.15, 0.2) is 0 Å². The molecule has 0 aromatic carbocycles. The summed E-state index contributed by atoms with van der Waals surface area (Å²) in [6.45, 7) is 2.74. The topological polar surface area (TPSA) is 58.6 Å². The maximum atomic E-state index is 12.3. The summed E-state index contributed by atoms with van der Waals surface area (Å²) >= 11 is 0. The first-order valence-electron chi connectivity index (χ1n) is 6.73. The molecule has 5 heteroatoms. The lowest BCUT2D eigenvalue weighted by molar-refractivity contribution is -0.153. The molecule has 2 amide bonds. The van der Waals surface area contributed by atoms with Gasteiger partial charge in [0.1, 0.15) is 6.04 Å². The molecule has 1 aliphatic carbocycles.